The number of nitrogens with zero attached hydrogens (tertiary/aromatic N) is 2. The van der Waals surface area contributed by atoms with Crippen molar-refractivity contribution in [2.45, 2.75) is 6.61 Å². The molecule has 3 aromatic rings. The van der Waals surface area contributed by atoms with Gasteiger partial charge < -0.3 is 10.1 Å². The third-order valence-corrected chi connectivity index (χ3v) is 4.84. The van der Waals surface area contributed by atoms with Gasteiger partial charge in [0.15, 0.2) is 5.01 Å². The largest absolute Gasteiger partial charge is 0.486 e. The van der Waals surface area contributed by atoms with Gasteiger partial charge in [-0.15, -0.1) is 10.2 Å². The lowest BCUT2D eigenvalue weighted by atomic mass is 10.3. The minimum absolute atomic E-state index is 0.232. The highest BCUT2D eigenvalue weighted by molar-refractivity contribution is 7.15. The average molecular weight is 430 g/mol. The Morgan fingerprint density at radius 2 is 1.77 bits per heavy atom. The third-order valence-electron chi connectivity index (χ3n) is 3.04. The van der Waals surface area contributed by atoms with Gasteiger partial charge in [-0.05, 0) is 42.5 Å². The van der Waals surface area contributed by atoms with Gasteiger partial charge in [-0.25, -0.2) is 4.79 Å². The summed E-state index contributed by atoms with van der Waals surface area (Å²) in [7, 11) is 0. The highest BCUT2D eigenvalue weighted by atomic mass is 35.5. The molecule has 0 saturated carbocycles. The Morgan fingerprint density at radius 3 is 2.50 bits per heavy atom. The van der Waals surface area contributed by atoms with E-state index in [1.165, 1.54) is 11.3 Å². The van der Waals surface area contributed by atoms with Crippen LogP contribution in [0, 0.1) is 0 Å². The van der Waals surface area contributed by atoms with Gasteiger partial charge in [0.2, 0.25) is 5.13 Å². The highest BCUT2D eigenvalue weighted by Gasteiger charge is 2.10. The summed E-state index contributed by atoms with van der Waals surface area (Å²) in [6.45, 7) is 0.232. The van der Waals surface area contributed by atoms with Crippen LogP contribution in [-0.4, -0.2) is 16.2 Å². The van der Waals surface area contributed by atoms with Gasteiger partial charge >= 0.3 is 6.03 Å². The molecule has 0 spiro atoms. The smallest absolute Gasteiger partial charge is 0.325 e. The van der Waals surface area contributed by atoms with Crippen LogP contribution in [0.1, 0.15) is 5.01 Å². The number of amides is 2. The van der Waals surface area contributed by atoms with Crippen molar-refractivity contribution >= 4 is 63.0 Å². The summed E-state index contributed by atoms with van der Waals surface area (Å²) < 4.78 is 5.58. The number of aromatic nitrogens is 2. The SMILES string of the molecule is O=C(Nc1ccc(Cl)c(Cl)c1)Nc1nnc(COc2ccc(Cl)cc2)s1. The van der Waals surface area contributed by atoms with Crippen LogP contribution in [0.3, 0.4) is 0 Å². The molecule has 0 aliphatic rings. The molecule has 1 heterocycles. The predicted octanol–water partition coefficient (Wildman–Crippen LogP) is 5.72. The van der Waals surface area contributed by atoms with Crippen molar-refractivity contribution in [2.75, 3.05) is 10.6 Å². The first kappa shape index (κ1) is 18.7. The molecule has 3 rings (SSSR count). The molecular formula is C16H11Cl3N4O2S. The Labute approximate surface area is 168 Å². The topological polar surface area (TPSA) is 76.1 Å². The molecule has 0 bridgehead atoms. The number of rotatable bonds is 5. The number of carbonyl (C=O) groups excluding carboxylic acids is 1. The summed E-state index contributed by atoms with van der Waals surface area (Å²) in [6, 6.07) is 11.3. The first-order valence-corrected chi connectivity index (χ1v) is 9.18. The molecule has 0 saturated heterocycles. The molecule has 0 unspecified atom stereocenters. The zero-order valence-corrected chi connectivity index (χ0v) is 16.1. The van der Waals surface area contributed by atoms with Crippen LogP contribution >= 0.6 is 46.1 Å². The van der Waals surface area contributed by atoms with E-state index >= 15 is 0 Å². The Balaban J connectivity index is 1.53. The third kappa shape index (κ3) is 5.22. The van der Waals surface area contributed by atoms with Crippen LogP contribution in [0.25, 0.3) is 0 Å². The van der Waals surface area contributed by atoms with Gasteiger partial charge in [0.1, 0.15) is 12.4 Å². The lowest BCUT2D eigenvalue weighted by molar-refractivity contribution is 0.262. The van der Waals surface area contributed by atoms with E-state index in [1.54, 1.807) is 42.5 Å². The van der Waals surface area contributed by atoms with Gasteiger partial charge in [-0.2, -0.15) is 0 Å². The fraction of sp³-hybridized carbons (Fsp3) is 0.0625. The van der Waals surface area contributed by atoms with E-state index < -0.39 is 6.03 Å². The molecular weight excluding hydrogens is 419 g/mol. The number of urea groups is 1. The number of hydrogen-bond acceptors (Lipinski definition) is 5. The first-order valence-electron chi connectivity index (χ1n) is 7.23. The molecule has 0 atom stereocenters. The minimum Gasteiger partial charge on any atom is -0.486 e. The molecule has 0 aliphatic heterocycles. The number of halogens is 3. The molecule has 26 heavy (non-hydrogen) atoms. The van der Waals surface area contributed by atoms with Crippen LogP contribution in [0.2, 0.25) is 15.1 Å². The Kier molecular flexibility index (Phi) is 6.16. The Bertz CT molecular complexity index is 918. The van der Waals surface area contributed by atoms with E-state index in [0.717, 1.165) is 0 Å². The van der Waals surface area contributed by atoms with E-state index in [9.17, 15) is 4.79 Å². The second-order valence-corrected chi connectivity index (χ2v) is 7.26. The molecule has 134 valence electrons. The minimum atomic E-state index is -0.468. The van der Waals surface area contributed by atoms with Gasteiger partial charge in [-0.1, -0.05) is 46.1 Å². The monoisotopic (exact) mass is 428 g/mol. The van der Waals surface area contributed by atoms with Crippen LogP contribution < -0.4 is 15.4 Å². The number of nitrogens with one attached hydrogen (secondary N) is 2. The molecule has 2 amide bonds. The fourth-order valence-corrected chi connectivity index (χ4v) is 2.94. The van der Waals surface area contributed by atoms with Crippen LogP contribution in [-0.2, 0) is 6.61 Å². The second-order valence-electron chi connectivity index (χ2n) is 4.95. The van der Waals surface area contributed by atoms with Crippen molar-refractivity contribution < 1.29 is 9.53 Å². The standard InChI is InChI=1S/C16H11Cl3N4O2S/c17-9-1-4-11(5-2-9)25-8-14-22-23-16(26-14)21-15(24)20-10-3-6-12(18)13(19)7-10/h1-7H,8H2,(H2,20,21,23,24). The summed E-state index contributed by atoms with van der Waals surface area (Å²) >= 11 is 18.8. The Hall–Kier alpha value is -2.06. The maximum absolute atomic E-state index is 12.0. The van der Waals surface area contributed by atoms with Gasteiger partial charge in [-0.3, -0.25) is 5.32 Å². The zero-order chi connectivity index (χ0) is 18.5. The lowest BCUT2D eigenvalue weighted by Gasteiger charge is -2.06. The maximum atomic E-state index is 12.0. The molecule has 1 aromatic heterocycles. The number of anilines is 2. The van der Waals surface area contributed by atoms with Crippen LogP contribution in [0.5, 0.6) is 5.75 Å². The van der Waals surface area contributed by atoms with E-state index in [4.69, 9.17) is 39.5 Å². The number of benzene rings is 2. The van der Waals surface area contributed by atoms with Crippen LogP contribution in [0.4, 0.5) is 15.6 Å². The predicted molar refractivity (Wildman–Crippen MR) is 105 cm³/mol. The van der Waals surface area contributed by atoms with E-state index in [2.05, 4.69) is 20.8 Å². The van der Waals surface area contributed by atoms with Crippen molar-refractivity contribution in [1.29, 1.82) is 0 Å². The first-order chi connectivity index (χ1) is 12.5. The van der Waals surface area contributed by atoms with Crippen molar-refractivity contribution in [1.82, 2.24) is 10.2 Å². The normalized spacial score (nSPS) is 10.4. The van der Waals surface area contributed by atoms with Gasteiger partial charge in [0.05, 0.1) is 10.0 Å². The molecule has 6 nitrogen and oxygen atoms in total. The van der Waals surface area contributed by atoms with Crippen molar-refractivity contribution in [2.24, 2.45) is 0 Å². The highest BCUT2D eigenvalue weighted by Crippen LogP contribution is 2.25. The van der Waals surface area contributed by atoms with E-state index in [1.807, 2.05) is 0 Å². The molecule has 2 aromatic carbocycles. The van der Waals surface area contributed by atoms with Crippen molar-refractivity contribution in [3.8, 4) is 5.75 Å². The lowest BCUT2D eigenvalue weighted by Crippen LogP contribution is -2.19. The zero-order valence-electron chi connectivity index (χ0n) is 13.0. The van der Waals surface area contributed by atoms with E-state index in [0.29, 0.717) is 36.6 Å². The second kappa shape index (κ2) is 8.55. The number of hydrogen-bond donors (Lipinski definition) is 2. The molecule has 0 fully saturated rings. The van der Waals surface area contributed by atoms with Crippen molar-refractivity contribution in [3.05, 3.63) is 62.5 Å². The quantitative estimate of drug-likeness (QED) is 0.544. The summed E-state index contributed by atoms with van der Waals surface area (Å²) in [5.74, 6) is 0.663. The van der Waals surface area contributed by atoms with Gasteiger partial charge in [0.25, 0.3) is 0 Å². The van der Waals surface area contributed by atoms with Crippen molar-refractivity contribution in [3.63, 3.8) is 0 Å². The summed E-state index contributed by atoms with van der Waals surface area (Å²) in [6.07, 6.45) is 0. The number of carbonyl (C=O) groups is 1. The summed E-state index contributed by atoms with van der Waals surface area (Å²) in [4.78, 5) is 12.0. The molecule has 0 radical (unpaired) electrons. The molecule has 2 N–H and O–H groups in total. The molecule has 0 aliphatic carbocycles. The average Bonchev–Trinajstić information content (AvgIpc) is 3.05. The molecule has 10 heteroatoms. The van der Waals surface area contributed by atoms with E-state index in [-0.39, 0.29) is 6.61 Å². The fourth-order valence-electron chi connectivity index (χ4n) is 1.87. The maximum Gasteiger partial charge on any atom is 0.325 e. The number of ether oxygens (including phenoxy) is 1. The summed E-state index contributed by atoms with van der Waals surface area (Å²) in [5, 5.41) is 15.5. The van der Waals surface area contributed by atoms with Crippen LogP contribution in [0.15, 0.2) is 42.5 Å². The summed E-state index contributed by atoms with van der Waals surface area (Å²) in [5.41, 5.74) is 0.507. The van der Waals surface area contributed by atoms with Gasteiger partial charge in [0, 0.05) is 10.7 Å². The Morgan fingerprint density at radius 1 is 1.00 bits per heavy atom.